The predicted octanol–water partition coefficient (Wildman–Crippen LogP) is 2.93. The molecule has 3 N–H and O–H groups in total. The molecule has 17 heavy (non-hydrogen) atoms. The maximum absolute atomic E-state index is 11.9. The van der Waals surface area contributed by atoms with Gasteiger partial charge in [0, 0.05) is 10.2 Å². The number of hydrogen-bond donors (Lipinski definition) is 2. The summed E-state index contributed by atoms with van der Waals surface area (Å²) in [5, 5.41) is 2.86. The van der Waals surface area contributed by atoms with Crippen LogP contribution in [0.2, 0.25) is 0 Å². The summed E-state index contributed by atoms with van der Waals surface area (Å²) >= 11 is 8.22. The molecule has 0 fully saturated rings. The zero-order valence-electron chi connectivity index (χ0n) is 10.0. The summed E-state index contributed by atoms with van der Waals surface area (Å²) in [5.74, 6) is -0.640. The highest BCUT2D eigenvalue weighted by Gasteiger charge is 2.17. The van der Waals surface area contributed by atoms with Gasteiger partial charge in [-0.1, -0.05) is 28.1 Å². The minimum atomic E-state index is -0.465. The maximum atomic E-state index is 11.9. The van der Waals surface area contributed by atoms with Crippen molar-refractivity contribution in [2.24, 2.45) is 11.7 Å². The first-order chi connectivity index (χ1) is 7.82. The Morgan fingerprint density at radius 1 is 1.41 bits per heavy atom. The fourth-order valence-corrected chi connectivity index (χ4v) is 2.26. The van der Waals surface area contributed by atoms with E-state index in [-0.39, 0.29) is 10.9 Å². The van der Waals surface area contributed by atoms with Crippen molar-refractivity contribution in [1.29, 1.82) is 0 Å². The van der Waals surface area contributed by atoms with Crippen molar-refractivity contribution in [1.82, 2.24) is 0 Å². The van der Waals surface area contributed by atoms with Crippen LogP contribution >= 0.6 is 28.1 Å². The van der Waals surface area contributed by atoms with Crippen LogP contribution in [0.3, 0.4) is 0 Å². The summed E-state index contributed by atoms with van der Waals surface area (Å²) < 4.78 is 0.993. The monoisotopic (exact) mass is 314 g/mol. The van der Waals surface area contributed by atoms with Crippen LogP contribution in [0.4, 0.5) is 5.69 Å². The van der Waals surface area contributed by atoms with Crippen LogP contribution in [0, 0.1) is 19.8 Å². The summed E-state index contributed by atoms with van der Waals surface area (Å²) in [7, 11) is 0. The number of hydrogen-bond acceptors (Lipinski definition) is 2. The van der Waals surface area contributed by atoms with Crippen molar-refractivity contribution in [2.45, 2.75) is 20.8 Å². The number of carbonyl (C=O) groups excluding carboxylic acids is 1. The number of rotatable bonds is 3. The molecular formula is C12H15BrN2OS. The van der Waals surface area contributed by atoms with Crippen molar-refractivity contribution in [3.05, 3.63) is 27.7 Å². The molecule has 1 rings (SSSR count). The quantitative estimate of drug-likeness (QED) is 0.843. The van der Waals surface area contributed by atoms with Gasteiger partial charge >= 0.3 is 0 Å². The summed E-state index contributed by atoms with van der Waals surface area (Å²) in [4.78, 5) is 12.1. The minimum Gasteiger partial charge on any atom is -0.393 e. The Bertz CT molecular complexity index is 451. The number of nitrogens with one attached hydrogen (secondary N) is 1. The number of aryl methyl sites for hydroxylation is 2. The third-order valence-corrected chi connectivity index (χ3v) is 3.38. The number of halogens is 1. The molecule has 1 atom stereocenters. The Hall–Kier alpha value is -0.940. The first-order valence-electron chi connectivity index (χ1n) is 5.20. The molecule has 0 saturated carbocycles. The Labute approximate surface area is 115 Å². The lowest BCUT2D eigenvalue weighted by atomic mass is 10.1. The highest BCUT2D eigenvalue weighted by molar-refractivity contribution is 9.10. The van der Waals surface area contributed by atoms with Crippen molar-refractivity contribution >= 4 is 44.7 Å². The molecule has 0 aliphatic rings. The van der Waals surface area contributed by atoms with Gasteiger partial charge in [-0.15, -0.1) is 0 Å². The molecule has 5 heteroatoms. The average molecular weight is 315 g/mol. The second kappa shape index (κ2) is 5.60. The van der Waals surface area contributed by atoms with Gasteiger partial charge in [-0.25, -0.2) is 0 Å². The third-order valence-electron chi connectivity index (χ3n) is 2.57. The Morgan fingerprint density at radius 3 is 2.29 bits per heavy atom. The van der Waals surface area contributed by atoms with Crippen molar-refractivity contribution in [3.63, 3.8) is 0 Å². The van der Waals surface area contributed by atoms with Gasteiger partial charge in [0.15, 0.2) is 0 Å². The highest BCUT2D eigenvalue weighted by Crippen LogP contribution is 2.25. The molecule has 1 unspecified atom stereocenters. The van der Waals surface area contributed by atoms with Gasteiger partial charge in [0.05, 0.1) is 10.9 Å². The van der Waals surface area contributed by atoms with Crippen molar-refractivity contribution in [3.8, 4) is 0 Å². The molecule has 1 amide bonds. The van der Waals surface area contributed by atoms with Gasteiger partial charge in [-0.2, -0.15) is 0 Å². The lowest BCUT2D eigenvalue weighted by Crippen LogP contribution is -2.31. The average Bonchev–Trinajstić information content (AvgIpc) is 2.21. The molecule has 0 aliphatic carbocycles. The topological polar surface area (TPSA) is 55.1 Å². The number of amides is 1. The Morgan fingerprint density at radius 2 is 1.88 bits per heavy atom. The first kappa shape index (κ1) is 14.1. The van der Waals surface area contributed by atoms with Crippen molar-refractivity contribution in [2.75, 3.05) is 5.32 Å². The van der Waals surface area contributed by atoms with Gasteiger partial charge in [-0.05, 0) is 44.0 Å². The smallest absolute Gasteiger partial charge is 0.234 e. The molecule has 3 nitrogen and oxygen atoms in total. The number of benzene rings is 1. The fourth-order valence-electron chi connectivity index (χ4n) is 1.47. The number of nitrogens with two attached hydrogens (primary N) is 1. The summed E-state index contributed by atoms with van der Waals surface area (Å²) in [5.41, 5.74) is 8.28. The SMILES string of the molecule is Cc1cc(Br)cc(C)c1NC(=O)C(C)C(N)=S. The zero-order valence-corrected chi connectivity index (χ0v) is 12.4. The van der Waals surface area contributed by atoms with E-state index in [1.54, 1.807) is 6.92 Å². The van der Waals surface area contributed by atoms with Crippen LogP contribution in [0.1, 0.15) is 18.1 Å². The maximum Gasteiger partial charge on any atom is 0.234 e. The molecule has 92 valence electrons. The summed E-state index contributed by atoms with van der Waals surface area (Å²) in [6.07, 6.45) is 0. The molecule has 0 bridgehead atoms. The normalized spacial score (nSPS) is 12.0. The van der Waals surface area contributed by atoms with Gasteiger partial charge in [0.25, 0.3) is 0 Å². The molecule has 0 spiro atoms. The highest BCUT2D eigenvalue weighted by atomic mass is 79.9. The molecule has 0 saturated heterocycles. The van der Waals surface area contributed by atoms with E-state index in [1.807, 2.05) is 26.0 Å². The second-order valence-electron chi connectivity index (χ2n) is 4.03. The number of carbonyl (C=O) groups is 1. The standard InChI is InChI=1S/C12H15BrN2OS/c1-6-4-9(13)5-7(2)10(6)15-12(16)8(3)11(14)17/h4-5,8H,1-3H3,(H2,14,17)(H,15,16). The van der Waals surface area contributed by atoms with Crippen LogP contribution in [0.15, 0.2) is 16.6 Å². The first-order valence-corrected chi connectivity index (χ1v) is 6.40. The van der Waals surface area contributed by atoms with Crippen LogP contribution in [-0.4, -0.2) is 10.9 Å². The van der Waals surface area contributed by atoms with Gasteiger partial charge in [-0.3, -0.25) is 4.79 Å². The lowest BCUT2D eigenvalue weighted by Gasteiger charge is -2.15. The van der Waals surface area contributed by atoms with E-state index in [4.69, 9.17) is 18.0 Å². The van der Waals surface area contributed by atoms with Gasteiger partial charge in [0.2, 0.25) is 5.91 Å². The molecule has 1 aromatic carbocycles. The molecule has 0 aliphatic heterocycles. The van der Waals surface area contributed by atoms with E-state index < -0.39 is 5.92 Å². The number of anilines is 1. The van der Waals surface area contributed by atoms with E-state index >= 15 is 0 Å². The van der Waals surface area contributed by atoms with Crippen LogP contribution < -0.4 is 11.1 Å². The van der Waals surface area contributed by atoms with Crippen molar-refractivity contribution < 1.29 is 4.79 Å². The number of thiocarbonyl (C=S) groups is 1. The molecular weight excluding hydrogens is 300 g/mol. The lowest BCUT2D eigenvalue weighted by molar-refractivity contribution is -0.117. The van der Waals surface area contributed by atoms with E-state index in [9.17, 15) is 4.79 Å². The van der Waals surface area contributed by atoms with Gasteiger partial charge < -0.3 is 11.1 Å². The molecule has 0 aromatic heterocycles. The van der Waals surface area contributed by atoms with Crippen LogP contribution in [0.25, 0.3) is 0 Å². The summed E-state index contributed by atoms with van der Waals surface area (Å²) in [6.45, 7) is 5.58. The van der Waals surface area contributed by atoms with E-state index in [0.717, 1.165) is 21.3 Å². The fraction of sp³-hybridized carbons (Fsp3) is 0.333. The second-order valence-corrected chi connectivity index (χ2v) is 5.41. The van der Waals surface area contributed by atoms with Crippen LogP contribution in [-0.2, 0) is 4.79 Å². The van der Waals surface area contributed by atoms with Crippen LogP contribution in [0.5, 0.6) is 0 Å². The molecule has 0 heterocycles. The molecule has 0 radical (unpaired) electrons. The zero-order chi connectivity index (χ0) is 13.2. The minimum absolute atomic E-state index is 0.175. The van der Waals surface area contributed by atoms with Gasteiger partial charge in [0.1, 0.15) is 0 Å². The largest absolute Gasteiger partial charge is 0.393 e. The van der Waals surface area contributed by atoms with E-state index in [0.29, 0.717) is 0 Å². The summed E-state index contributed by atoms with van der Waals surface area (Å²) in [6, 6.07) is 3.90. The predicted molar refractivity (Wildman–Crippen MR) is 78.2 cm³/mol. The molecule has 1 aromatic rings. The van der Waals surface area contributed by atoms with E-state index in [2.05, 4.69) is 21.2 Å². The Kier molecular flexibility index (Phi) is 4.65. The third kappa shape index (κ3) is 3.51. The van der Waals surface area contributed by atoms with E-state index in [1.165, 1.54) is 0 Å². The Balaban J connectivity index is 2.96.